The van der Waals surface area contributed by atoms with Crippen molar-refractivity contribution in [3.8, 4) is 5.75 Å². The molecule has 0 spiro atoms. The molecule has 3 aromatic rings. The summed E-state index contributed by atoms with van der Waals surface area (Å²) < 4.78 is 30.0. The first-order chi connectivity index (χ1) is 11.4. The van der Waals surface area contributed by atoms with Crippen LogP contribution in [0.3, 0.4) is 0 Å². The number of amides is 1. The smallest absolute Gasteiger partial charge is 0.250 e. The molecule has 1 amide bonds. The lowest BCUT2D eigenvalue weighted by Gasteiger charge is -2.04. The standard InChI is InChI=1S/C16H15N3O4S/c1-23-10-5-7-11(8-6-10)24(21,22)9-14-18-13-4-2-3-12(16(17)20)15(13)19-14/h2-8H,9H2,1H3,(H2,17,20)(H,18,19). The summed E-state index contributed by atoms with van der Waals surface area (Å²) in [5.74, 6) is -0.110. The molecule has 3 rings (SSSR count). The minimum Gasteiger partial charge on any atom is -0.497 e. The van der Waals surface area contributed by atoms with Crippen molar-refractivity contribution in [2.24, 2.45) is 5.73 Å². The van der Waals surface area contributed by atoms with Gasteiger partial charge in [-0.2, -0.15) is 0 Å². The van der Waals surface area contributed by atoms with Crippen molar-refractivity contribution in [1.82, 2.24) is 9.97 Å². The first kappa shape index (κ1) is 16.0. The Morgan fingerprint density at radius 2 is 1.92 bits per heavy atom. The molecule has 3 N–H and O–H groups in total. The molecule has 0 radical (unpaired) electrons. The molecule has 0 aliphatic heterocycles. The molecule has 24 heavy (non-hydrogen) atoms. The van der Waals surface area contributed by atoms with Crippen LogP contribution in [0.4, 0.5) is 0 Å². The Labute approximate surface area is 138 Å². The zero-order valence-electron chi connectivity index (χ0n) is 12.8. The van der Waals surface area contributed by atoms with E-state index >= 15 is 0 Å². The van der Waals surface area contributed by atoms with E-state index < -0.39 is 15.7 Å². The van der Waals surface area contributed by atoms with Gasteiger partial charge in [-0.3, -0.25) is 4.79 Å². The third kappa shape index (κ3) is 2.95. The van der Waals surface area contributed by atoms with E-state index in [1.165, 1.54) is 19.2 Å². The third-order valence-corrected chi connectivity index (χ3v) is 5.22. The Hall–Kier alpha value is -2.87. The number of hydrogen-bond acceptors (Lipinski definition) is 5. The SMILES string of the molecule is COc1ccc(S(=O)(=O)Cc2nc3c(C(N)=O)cccc3[nH]2)cc1. The van der Waals surface area contributed by atoms with Crippen LogP contribution in [0.1, 0.15) is 16.2 Å². The predicted octanol–water partition coefficient (Wildman–Crippen LogP) is 1.64. The summed E-state index contributed by atoms with van der Waals surface area (Å²) in [6.07, 6.45) is 0. The molecule has 1 heterocycles. The number of sulfone groups is 1. The van der Waals surface area contributed by atoms with Crippen LogP contribution >= 0.6 is 0 Å². The van der Waals surface area contributed by atoms with Crippen molar-refractivity contribution in [2.75, 3.05) is 7.11 Å². The minimum absolute atomic E-state index is 0.166. The van der Waals surface area contributed by atoms with Crippen LogP contribution in [-0.2, 0) is 15.6 Å². The number of nitrogens with zero attached hydrogens (tertiary/aromatic N) is 1. The van der Waals surface area contributed by atoms with Crippen LogP contribution in [0.5, 0.6) is 5.75 Å². The monoisotopic (exact) mass is 345 g/mol. The molecule has 124 valence electrons. The largest absolute Gasteiger partial charge is 0.497 e. The second-order valence-electron chi connectivity index (χ2n) is 5.18. The van der Waals surface area contributed by atoms with Crippen molar-refractivity contribution in [2.45, 2.75) is 10.6 Å². The molecule has 1 aromatic heterocycles. The molecule has 0 saturated carbocycles. The summed E-state index contributed by atoms with van der Waals surface area (Å²) in [5.41, 5.74) is 6.49. The van der Waals surface area contributed by atoms with E-state index in [9.17, 15) is 13.2 Å². The Morgan fingerprint density at radius 1 is 1.21 bits per heavy atom. The van der Waals surface area contributed by atoms with Crippen molar-refractivity contribution < 1.29 is 17.9 Å². The van der Waals surface area contributed by atoms with Crippen LogP contribution in [0.25, 0.3) is 11.0 Å². The molecule has 0 aliphatic rings. The number of primary amides is 1. The number of hydrogen-bond donors (Lipinski definition) is 2. The van der Waals surface area contributed by atoms with Gasteiger partial charge in [-0.25, -0.2) is 13.4 Å². The number of rotatable bonds is 5. The molecular formula is C16H15N3O4S. The van der Waals surface area contributed by atoms with Gasteiger partial charge in [-0.05, 0) is 36.4 Å². The van der Waals surface area contributed by atoms with Gasteiger partial charge < -0.3 is 15.5 Å². The van der Waals surface area contributed by atoms with Gasteiger partial charge in [0, 0.05) is 0 Å². The van der Waals surface area contributed by atoms with E-state index in [4.69, 9.17) is 10.5 Å². The molecule has 0 unspecified atom stereocenters. The van der Waals surface area contributed by atoms with E-state index in [1.807, 2.05) is 0 Å². The van der Waals surface area contributed by atoms with Crippen LogP contribution in [0.15, 0.2) is 47.4 Å². The Kier molecular flexibility index (Phi) is 3.98. The molecule has 0 fully saturated rings. The van der Waals surface area contributed by atoms with Crippen molar-refractivity contribution in [3.63, 3.8) is 0 Å². The van der Waals surface area contributed by atoms with Gasteiger partial charge in [0.25, 0.3) is 5.91 Å². The molecular weight excluding hydrogens is 330 g/mol. The van der Waals surface area contributed by atoms with Crippen LogP contribution in [0.2, 0.25) is 0 Å². The molecule has 0 bridgehead atoms. The number of carbonyl (C=O) groups excluding carboxylic acids is 1. The summed E-state index contributed by atoms with van der Waals surface area (Å²) in [6.45, 7) is 0. The number of carbonyl (C=O) groups is 1. The maximum absolute atomic E-state index is 12.5. The number of aromatic nitrogens is 2. The lowest BCUT2D eigenvalue weighted by Crippen LogP contribution is -2.11. The van der Waals surface area contributed by atoms with Crippen molar-refractivity contribution >= 4 is 26.8 Å². The average molecular weight is 345 g/mol. The number of nitrogens with two attached hydrogens (primary N) is 1. The van der Waals surface area contributed by atoms with Gasteiger partial charge in [-0.1, -0.05) is 6.07 Å². The van der Waals surface area contributed by atoms with Gasteiger partial charge in [0.15, 0.2) is 9.84 Å². The summed E-state index contributed by atoms with van der Waals surface area (Å²) in [7, 11) is -2.08. The predicted molar refractivity (Wildman–Crippen MR) is 88.5 cm³/mol. The molecule has 0 saturated heterocycles. The van der Waals surface area contributed by atoms with Gasteiger partial charge >= 0.3 is 0 Å². The Morgan fingerprint density at radius 3 is 2.54 bits per heavy atom. The number of aromatic amines is 1. The number of ether oxygens (including phenoxy) is 1. The fraction of sp³-hybridized carbons (Fsp3) is 0.125. The number of imidazole rings is 1. The molecule has 0 aliphatic carbocycles. The lowest BCUT2D eigenvalue weighted by molar-refractivity contribution is 0.100. The number of para-hydroxylation sites is 1. The van der Waals surface area contributed by atoms with Gasteiger partial charge in [0.2, 0.25) is 0 Å². The maximum Gasteiger partial charge on any atom is 0.250 e. The minimum atomic E-state index is -3.58. The van der Waals surface area contributed by atoms with Crippen LogP contribution in [-0.4, -0.2) is 31.4 Å². The quantitative estimate of drug-likeness (QED) is 0.729. The summed E-state index contributed by atoms with van der Waals surface area (Å²) in [4.78, 5) is 18.7. The summed E-state index contributed by atoms with van der Waals surface area (Å²) >= 11 is 0. The van der Waals surface area contributed by atoms with Gasteiger partial charge in [-0.15, -0.1) is 0 Å². The Balaban J connectivity index is 1.96. The van der Waals surface area contributed by atoms with Crippen LogP contribution in [0, 0.1) is 0 Å². The zero-order chi connectivity index (χ0) is 17.3. The number of fused-ring (bicyclic) bond motifs is 1. The second-order valence-corrected chi connectivity index (χ2v) is 7.17. The Bertz CT molecular complexity index is 1010. The maximum atomic E-state index is 12.5. The first-order valence-corrected chi connectivity index (χ1v) is 8.70. The third-order valence-electron chi connectivity index (χ3n) is 3.57. The number of H-pyrrole nitrogens is 1. The molecule has 0 atom stereocenters. The fourth-order valence-corrected chi connectivity index (χ4v) is 3.61. The molecule has 2 aromatic carbocycles. The topological polar surface area (TPSA) is 115 Å². The number of methoxy groups -OCH3 is 1. The van der Waals surface area contributed by atoms with E-state index in [2.05, 4.69) is 9.97 Å². The van der Waals surface area contributed by atoms with E-state index in [0.717, 1.165) is 0 Å². The highest BCUT2D eigenvalue weighted by Crippen LogP contribution is 2.21. The van der Waals surface area contributed by atoms with Gasteiger partial charge in [0.1, 0.15) is 22.8 Å². The summed E-state index contributed by atoms with van der Waals surface area (Å²) in [6, 6.07) is 11.0. The average Bonchev–Trinajstić information content (AvgIpc) is 2.96. The molecule has 8 heteroatoms. The first-order valence-electron chi connectivity index (χ1n) is 7.05. The fourth-order valence-electron chi connectivity index (χ4n) is 2.40. The van der Waals surface area contributed by atoms with Crippen molar-refractivity contribution in [3.05, 3.63) is 53.9 Å². The van der Waals surface area contributed by atoms with E-state index in [-0.39, 0.29) is 22.0 Å². The van der Waals surface area contributed by atoms with E-state index in [0.29, 0.717) is 16.8 Å². The van der Waals surface area contributed by atoms with E-state index in [1.54, 1.807) is 30.3 Å². The highest BCUT2D eigenvalue weighted by atomic mass is 32.2. The summed E-state index contributed by atoms with van der Waals surface area (Å²) in [5, 5.41) is 0. The van der Waals surface area contributed by atoms with Crippen LogP contribution < -0.4 is 10.5 Å². The lowest BCUT2D eigenvalue weighted by atomic mass is 10.2. The second kappa shape index (κ2) is 5.97. The number of nitrogens with one attached hydrogen (secondary N) is 1. The number of benzene rings is 2. The van der Waals surface area contributed by atoms with Crippen molar-refractivity contribution in [1.29, 1.82) is 0 Å². The normalized spacial score (nSPS) is 11.5. The highest BCUT2D eigenvalue weighted by Gasteiger charge is 2.19. The molecule has 7 nitrogen and oxygen atoms in total. The van der Waals surface area contributed by atoms with Gasteiger partial charge in [0.05, 0.1) is 23.1 Å². The zero-order valence-corrected chi connectivity index (χ0v) is 13.6. The highest BCUT2D eigenvalue weighted by molar-refractivity contribution is 7.90.